The molecule has 7 rings (SSSR count). The molecule has 10 nitrogen and oxygen atoms in total. The van der Waals surface area contributed by atoms with Crippen LogP contribution in [0.3, 0.4) is 0 Å². The molecule has 0 radical (unpaired) electrons. The Morgan fingerprint density at radius 2 is 1.75 bits per heavy atom. The first-order chi connectivity index (χ1) is 23.6. The van der Waals surface area contributed by atoms with Crippen molar-refractivity contribution in [1.82, 2.24) is 19.8 Å². The molecule has 0 N–H and O–H groups in total. The SMILES string of the molecule is CN1CCC[C@H]1COc1nc2c(c(N3CCN(C(=O)OCc4ccccc4)[C@@H](CC#N)C3)n1)CCCN(c1cccc3ccccc13)C2. The molecule has 3 aliphatic rings. The summed E-state index contributed by atoms with van der Waals surface area (Å²) in [4.78, 5) is 32.1. The molecule has 0 unspecified atom stereocenters. The molecule has 3 aromatic carbocycles. The zero-order valence-electron chi connectivity index (χ0n) is 27.6. The molecule has 2 atom stereocenters. The van der Waals surface area contributed by atoms with Gasteiger partial charge < -0.3 is 29.1 Å². The molecular weight excluding hydrogens is 602 g/mol. The first-order valence-corrected chi connectivity index (χ1v) is 17.1. The molecule has 0 bridgehead atoms. The van der Waals surface area contributed by atoms with Crippen LogP contribution in [0.1, 0.15) is 42.5 Å². The lowest BCUT2D eigenvalue weighted by atomic mass is 10.1. The molecular formula is C38H43N7O3. The molecule has 248 valence electrons. The molecule has 0 spiro atoms. The van der Waals surface area contributed by atoms with Crippen LogP contribution in [0.4, 0.5) is 16.3 Å². The highest BCUT2D eigenvalue weighted by Gasteiger charge is 2.34. The Kier molecular flexibility index (Phi) is 9.57. The zero-order valence-corrected chi connectivity index (χ0v) is 27.6. The van der Waals surface area contributed by atoms with Crippen LogP contribution in [0.15, 0.2) is 72.8 Å². The Hall–Kier alpha value is -4.88. The van der Waals surface area contributed by atoms with E-state index in [1.54, 1.807) is 4.90 Å². The first kappa shape index (κ1) is 31.7. The summed E-state index contributed by atoms with van der Waals surface area (Å²) < 4.78 is 12.1. The minimum atomic E-state index is -0.393. The largest absolute Gasteiger partial charge is 0.462 e. The van der Waals surface area contributed by atoms with Crippen molar-refractivity contribution in [1.29, 1.82) is 5.26 Å². The monoisotopic (exact) mass is 645 g/mol. The van der Waals surface area contributed by atoms with Crippen molar-refractivity contribution < 1.29 is 14.3 Å². The van der Waals surface area contributed by atoms with Crippen molar-refractivity contribution in [2.24, 2.45) is 0 Å². The van der Waals surface area contributed by atoms with Crippen molar-refractivity contribution in [2.75, 3.05) is 56.2 Å². The molecule has 4 heterocycles. The fourth-order valence-electron chi connectivity index (χ4n) is 7.34. The van der Waals surface area contributed by atoms with E-state index in [9.17, 15) is 10.1 Å². The van der Waals surface area contributed by atoms with Gasteiger partial charge in [0.05, 0.1) is 30.8 Å². The third-order valence-electron chi connectivity index (χ3n) is 9.98. The highest BCUT2D eigenvalue weighted by Crippen LogP contribution is 2.34. The van der Waals surface area contributed by atoms with E-state index in [4.69, 9.17) is 19.4 Å². The minimum absolute atomic E-state index is 0.197. The van der Waals surface area contributed by atoms with Gasteiger partial charge in [0, 0.05) is 48.9 Å². The van der Waals surface area contributed by atoms with E-state index in [0.29, 0.717) is 44.8 Å². The summed E-state index contributed by atoms with van der Waals surface area (Å²) in [6.07, 6.45) is 3.86. The summed E-state index contributed by atoms with van der Waals surface area (Å²) in [6, 6.07) is 27.4. The van der Waals surface area contributed by atoms with Gasteiger partial charge in [-0.25, -0.2) is 4.79 Å². The number of nitriles is 1. The average Bonchev–Trinajstić information content (AvgIpc) is 3.41. The summed E-state index contributed by atoms with van der Waals surface area (Å²) >= 11 is 0. The van der Waals surface area contributed by atoms with Crippen molar-refractivity contribution in [2.45, 2.75) is 57.3 Å². The Morgan fingerprint density at radius 1 is 0.917 bits per heavy atom. The van der Waals surface area contributed by atoms with Gasteiger partial charge in [-0.15, -0.1) is 0 Å². The Balaban J connectivity index is 1.17. The second kappa shape index (κ2) is 14.5. The van der Waals surface area contributed by atoms with Gasteiger partial charge in [-0.3, -0.25) is 0 Å². The number of likely N-dealkylation sites (N-methyl/N-ethyl adjacent to an activating group) is 1. The molecule has 1 aromatic heterocycles. The maximum atomic E-state index is 13.3. The van der Waals surface area contributed by atoms with E-state index in [-0.39, 0.29) is 19.1 Å². The van der Waals surface area contributed by atoms with Gasteiger partial charge in [0.15, 0.2) is 0 Å². The predicted molar refractivity (Wildman–Crippen MR) is 186 cm³/mol. The van der Waals surface area contributed by atoms with E-state index in [1.165, 1.54) is 22.9 Å². The Labute approximate surface area is 282 Å². The molecule has 4 aromatic rings. The summed E-state index contributed by atoms with van der Waals surface area (Å²) in [5.74, 6) is 0.856. The number of piperazine rings is 1. The number of carbonyl (C=O) groups excluding carboxylic acids is 1. The molecule has 0 aliphatic carbocycles. The van der Waals surface area contributed by atoms with Crippen molar-refractivity contribution in [3.05, 3.63) is 89.6 Å². The second-order valence-corrected chi connectivity index (χ2v) is 13.1. The summed E-state index contributed by atoms with van der Waals surface area (Å²) in [5.41, 5.74) is 4.23. The van der Waals surface area contributed by atoms with E-state index in [2.05, 4.69) is 70.3 Å². The van der Waals surface area contributed by atoms with Crippen LogP contribution >= 0.6 is 0 Å². The van der Waals surface area contributed by atoms with Gasteiger partial charge in [0.25, 0.3) is 0 Å². The number of fused-ring (bicyclic) bond motifs is 2. The van der Waals surface area contributed by atoms with E-state index in [1.807, 2.05) is 30.3 Å². The summed E-state index contributed by atoms with van der Waals surface area (Å²) in [5, 5.41) is 12.2. The smallest absolute Gasteiger partial charge is 0.410 e. The van der Waals surface area contributed by atoms with E-state index < -0.39 is 6.09 Å². The molecule has 1 amide bonds. The number of amides is 1. The van der Waals surface area contributed by atoms with Crippen LogP contribution < -0.4 is 14.5 Å². The van der Waals surface area contributed by atoms with Gasteiger partial charge in [0.1, 0.15) is 19.0 Å². The third kappa shape index (κ3) is 6.87. The second-order valence-electron chi connectivity index (χ2n) is 13.1. The number of benzene rings is 3. The summed E-state index contributed by atoms with van der Waals surface area (Å²) in [7, 11) is 2.14. The molecule has 48 heavy (non-hydrogen) atoms. The minimum Gasteiger partial charge on any atom is -0.462 e. The van der Waals surface area contributed by atoms with Gasteiger partial charge in [-0.1, -0.05) is 66.7 Å². The number of nitrogens with zero attached hydrogens (tertiary/aromatic N) is 7. The number of hydrogen-bond acceptors (Lipinski definition) is 9. The number of hydrogen-bond donors (Lipinski definition) is 0. The number of rotatable bonds is 8. The van der Waals surface area contributed by atoms with Gasteiger partial charge in [-0.2, -0.15) is 15.2 Å². The lowest BCUT2D eigenvalue weighted by Gasteiger charge is -2.41. The summed E-state index contributed by atoms with van der Waals surface area (Å²) in [6.45, 7) is 4.84. The highest BCUT2D eigenvalue weighted by atomic mass is 16.6. The topological polar surface area (TPSA) is 98.1 Å². The number of carbonyl (C=O) groups is 1. The maximum absolute atomic E-state index is 13.3. The van der Waals surface area contributed by atoms with Crippen molar-refractivity contribution >= 4 is 28.4 Å². The maximum Gasteiger partial charge on any atom is 0.410 e. The molecule has 2 saturated heterocycles. The predicted octanol–water partition coefficient (Wildman–Crippen LogP) is 5.80. The molecule has 3 aliphatic heterocycles. The lowest BCUT2D eigenvalue weighted by Crippen LogP contribution is -2.55. The highest BCUT2D eigenvalue weighted by molar-refractivity contribution is 5.94. The van der Waals surface area contributed by atoms with E-state index in [0.717, 1.165) is 55.0 Å². The number of likely N-dealkylation sites (tertiary alicyclic amines) is 1. The standard InChI is InChI=1S/C38H43N7O3/c1-42-20-8-14-31(42)27-47-37-40-34-25-43(35-17-7-13-29-12-5-6-15-32(29)35)21-9-16-33(34)36(41-37)44-22-23-45(30(24-44)18-19-39)38(46)48-26-28-10-3-2-4-11-28/h2-7,10-13,15,17,30-31H,8-9,14,16,18,20-27H2,1H3/t30-,31-/m0/s1. The van der Waals surface area contributed by atoms with Crippen LogP contribution in [0, 0.1) is 11.3 Å². The fourth-order valence-corrected chi connectivity index (χ4v) is 7.34. The Bertz CT molecular complexity index is 1770. The third-order valence-corrected chi connectivity index (χ3v) is 9.98. The van der Waals surface area contributed by atoms with Gasteiger partial charge in [0.2, 0.25) is 0 Å². The van der Waals surface area contributed by atoms with Crippen LogP contribution in [-0.2, 0) is 24.3 Å². The fraction of sp³-hybridized carbons (Fsp3) is 0.421. The average molecular weight is 646 g/mol. The quantitative estimate of drug-likeness (QED) is 0.236. The van der Waals surface area contributed by atoms with Crippen molar-refractivity contribution in [3.8, 4) is 12.1 Å². The molecule has 10 heteroatoms. The first-order valence-electron chi connectivity index (χ1n) is 17.1. The number of aromatic nitrogens is 2. The van der Waals surface area contributed by atoms with E-state index >= 15 is 0 Å². The van der Waals surface area contributed by atoms with Crippen LogP contribution in [0.2, 0.25) is 0 Å². The van der Waals surface area contributed by atoms with Crippen LogP contribution in [0.5, 0.6) is 6.01 Å². The normalized spacial score (nSPS) is 19.9. The molecule has 0 saturated carbocycles. The van der Waals surface area contributed by atoms with Gasteiger partial charge >= 0.3 is 12.1 Å². The van der Waals surface area contributed by atoms with Gasteiger partial charge in [-0.05, 0) is 56.3 Å². The zero-order chi connectivity index (χ0) is 32.9. The lowest BCUT2D eigenvalue weighted by molar-refractivity contribution is 0.0767. The van der Waals surface area contributed by atoms with Crippen molar-refractivity contribution in [3.63, 3.8) is 0 Å². The molecule has 2 fully saturated rings. The van der Waals surface area contributed by atoms with Crippen LogP contribution in [0.25, 0.3) is 10.8 Å². The van der Waals surface area contributed by atoms with Crippen LogP contribution in [-0.4, -0.2) is 84.3 Å². The number of anilines is 2. The Morgan fingerprint density at radius 3 is 2.58 bits per heavy atom. The number of ether oxygens (including phenoxy) is 2.